The summed E-state index contributed by atoms with van der Waals surface area (Å²) in [6, 6.07) is 13.2. The molecule has 2 aromatic heterocycles. The van der Waals surface area contributed by atoms with Crippen LogP contribution in [0.15, 0.2) is 61.1 Å². The largest absolute Gasteiger partial charge is 0.335 e. The molecular weight excluding hydrogens is 354 g/mol. The molecule has 4 rings (SSSR count). The van der Waals surface area contributed by atoms with Gasteiger partial charge in [-0.3, -0.25) is 9.59 Å². The van der Waals surface area contributed by atoms with Crippen molar-refractivity contribution < 1.29 is 9.59 Å². The average Bonchev–Trinajstić information content (AvgIpc) is 3.23. The summed E-state index contributed by atoms with van der Waals surface area (Å²) in [7, 11) is 0. The van der Waals surface area contributed by atoms with Crippen molar-refractivity contribution in [3.05, 3.63) is 72.2 Å². The summed E-state index contributed by atoms with van der Waals surface area (Å²) < 4.78 is 1.65. The zero-order chi connectivity index (χ0) is 19.5. The van der Waals surface area contributed by atoms with Gasteiger partial charge in [-0.05, 0) is 35.7 Å². The lowest BCUT2D eigenvalue weighted by Gasteiger charge is -2.36. The van der Waals surface area contributed by atoms with Crippen LogP contribution in [0.5, 0.6) is 0 Å². The monoisotopic (exact) mass is 375 g/mol. The molecule has 0 bridgehead atoms. The van der Waals surface area contributed by atoms with Crippen LogP contribution in [0.1, 0.15) is 30.5 Å². The van der Waals surface area contributed by atoms with Crippen molar-refractivity contribution in [2.75, 3.05) is 11.9 Å². The highest BCUT2D eigenvalue weighted by molar-refractivity contribution is 5.91. The molecule has 7 nitrogen and oxygen atoms in total. The minimum Gasteiger partial charge on any atom is -0.335 e. The maximum absolute atomic E-state index is 12.7. The van der Waals surface area contributed by atoms with E-state index in [9.17, 15) is 9.59 Å². The average molecular weight is 375 g/mol. The molecule has 0 saturated carbocycles. The van der Waals surface area contributed by atoms with Gasteiger partial charge in [0.15, 0.2) is 5.82 Å². The van der Waals surface area contributed by atoms with E-state index in [0.29, 0.717) is 18.1 Å². The van der Waals surface area contributed by atoms with E-state index in [4.69, 9.17) is 0 Å². The predicted octanol–water partition coefficient (Wildman–Crippen LogP) is 2.74. The number of fused-ring (bicyclic) bond motifs is 1. The van der Waals surface area contributed by atoms with Crippen molar-refractivity contribution in [1.29, 1.82) is 0 Å². The lowest BCUT2D eigenvalue weighted by molar-refractivity contribution is -0.132. The molecule has 28 heavy (non-hydrogen) atoms. The number of nitrogens with one attached hydrogen (secondary N) is 1. The van der Waals surface area contributed by atoms with Crippen molar-refractivity contribution in [1.82, 2.24) is 19.7 Å². The van der Waals surface area contributed by atoms with Crippen LogP contribution in [-0.2, 0) is 16.0 Å². The van der Waals surface area contributed by atoms with E-state index in [1.165, 1.54) is 5.56 Å². The molecule has 1 atom stereocenters. The molecule has 0 radical (unpaired) electrons. The van der Waals surface area contributed by atoms with E-state index in [2.05, 4.69) is 21.5 Å². The van der Waals surface area contributed by atoms with Gasteiger partial charge in [-0.15, -0.1) is 0 Å². The number of hydrogen-bond acceptors (Lipinski definition) is 4. The number of rotatable bonds is 4. The van der Waals surface area contributed by atoms with Crippen LogP contribution in [-0.4, -0.2) is 38.0 Å². The van der Waals surface area contributed by atoms with Crippen LogP contribution in [0, 0.1) is 0 Å². The van der Waals surface area contributed by atoms with Crippen LogP contribution >= 0.6 is 0 Å². The molecule has 1 aromatic carbocycles. The number of carbonyl (C=O) groups is 2. The Hall–Kier alpha value is -3.48. The quantitative estimate of drug-likeness (QED) is 0.760. The summed E-state index contributed by atoms with van der Waals surface area (Å²) in [6.45, 7) is 2.18. The highest BCUT2D eigenvalue weighted by atomic mass is 16.2. The molecular formula is C21H21N5O2. The first-order valence-electron chi connectivity index (χ1n) is 9.23. The SMILES string of the molecule is CC(=O)N1CCc2ccccc2[C@H]1CC(=O)Nc1ccc(-n2cccn2)nc1. The Morgan fingerprint density at radius 3 is 2.75 bits per heavy atom. The van der Waals surface area contributed by atoms with Crippen LogP contribution in [0.2, 0.25) is 0 Å². The molecule has 2 amide bonds. The van der Waals surface area contributed by atoms with Gasteiger partial charge in [0.1, 0.15) is 0 Å². The zero-order valence-electron chi connectivity index (χ0n) is 15.6. The third kappa shape index (κ3) is 3.64. The minimum absolute atomic E-state index is 0.0162. The molecule has 0 fully saturated rings. The molecule has 0 saturated heterocycles. The van der Waals surface area contributed by atoms with Gasteiger partial charge in [-0.2, -0.15) is 5.10 Å². The smallest absolute Gasteiger partial charge is 0.226 e. The second kappa shape index (κ2) is 7.64. The van der Waals surface area contributed by atoms with Gasteiger partial charge >= 0.3 is 0 Å². The number of aromatic nitrogens is 3. The van der Waals surface area contributed by atoms with Crippen LogP contribution in [0.4, 0.5) is 5.69 Å². The van der Waals surface area contributed by atoms with Gasteiger partial charge in [0.2, 0.25) is 11.8 Å². The summed E-state index contributed by atoms with van der Waals surface area (Å²) in [4.78, 5) is 30.9. The fourth-order valence-corrected chi connectivity index (χ4v) is 3.64. The summed E-state index contributed by atoms with van der Waals surface area (Å²) in [5.41, 5.74) is 2.86. The van der Waals surface area contributed by atoms with E-state index >= 15 is 0 Å². The van der Waals surface area contributed by atoms with Gasteiger partial charge < -0.3 is 10.2 Å². The highest BCUT2D eigenvalue weighted by Crippen LogP contribution is 2.32. The molecule has 0 aliphatic carbocycles. The number of amides is 2. The van der Waals surface area contributed by atoms with Gasteiger partial charge in [-0.25, -0.2) is 9.67 Å². The van der Waals surface area contributed by atoms with Crippen molar-refractivity contribution in [2.24, 2.45) is 0 Å². The molecule has 142 valence electrons. The fraction of sp³-hybridized carbons (Fsp3) is 0.238. The number of carbonyl (C=O) groups excluding carboxylic acids is 2. The summed E-state index contributed by atoms with van der Waals surface area (Å²) in [6.07, 6.45) is 6.11. The number of anilines is 1. The normalized spacial score (nSPS) is 15.8. The highest BCUT2D eigenvalue weighted by Gasteiger charge is 2.30. The van der Waals surface area contributed by atoms with Crippen molar-refractivity contribution in [3.63, 3.8) is 0 Å². The van der Waals surface area contributed by atoms with Crippen molar-refractivity contribution in [3.8, 4) is 5.82 Å². The first kappa shape index (κ1) is 17.9. The predicted molar refractivity (Wildman–Crippen MR) is 105 cm³/mol. The van der Waals surface area contributed by atoms with Gasteiger partial charge in [0.05, 0.1) is 24.3 Å². The Kier molecular flexibility index (Phi) is 4.89. The minimum atomic E-state index is -0.251. The van der Waals surface area contributed by atoms with Crippen LogP contribution < -0.4 is 5.32 Å². The van der Waals surface area contributed by atoms with Gasteiger partial charge in [0, 0.05) is 25.9 Å². The first-order valence-corrected chi connectivity index (χ1v) is 9.23. The van der Waals surface area contributed by atoms with E-state index in [0.717, 1.165) is 12.0 Å². The van der Waals surface area contributed by atoms with Crippen LogP contribution in [0.3, 0.4) is 0 Å². The Morgan fingerprint density at radius 1 is 1.18 bits per heavy atom. The Bertz CT molecular complexity index is 982. The Labute approximate surface area is 163 Å². The maximum Gasteiger partial charge on any atom is 0.226 e. The van der Waals surface area contributed by atoms with E-state index in [-0.39, 0.29) is 24.3 Å². The van der Waals surface area contributed by atoms with Crippen molar-refractivity contribution in [2.45, 2.75) is 25.8 Å². The van der Waals surface area contributed by atoms with Crippen molar-refractivity contribution >= 4 is 17.5 Å². The number of pyridine rings is 1. The topological polar surface area (TPSA) is 80.1 Å². The molecule has 3 aromatic rings. The Balaban J connectivity index is 1.48. The molecule has 1 aliphatic rings. The second-order valence-corrected chi connectivity index (χ2v) is 6.79. The van der Waals surface area contributed by atoms with Gasteiger partial charge in [-0.1, -0.05) is 24.3 Å². The number of hydrogen-bond donors (Lipinski definition) is 1. The zero-order valence-corrected chi connectivity index (χ0v) is 15.6. The van der Waals surface area contributed by atoms with E-state index in [1.807, 2.05) is 24.3 Å². The Morgan fingerprint density at radius 2 is 2.04 bits per heavy atom. The third-order valence-corrected chi connectivity index (χ3v) is 4.97. The molecule has 7 heteroatoms. The van der Waals surface area contributed by atoms with E-state index < -0.39 is 0 Å². The molecule has 1 aliphatic heterocycles. The van der Waals surface area contributed by atoms with E-state index in [1.54, 1.807) is 47.2 Å². The number of benzene rings is 1. The lowest BCUT2D eigenvalue weighted by Crippen LogP contribution is -2.40. The van der Waals surface area contributed by atoms with Crippen LogP contribution in [0.25, 0.3) is 5.82 Å². The van der Waals surface area contributed by atoms with Gasteiger partial charge in [0.25, 0.3) is 0 Å². The lowest BCUT2D eigenvalue weighted by atomic mass is 9.90. The standard InChI is InChI=1S/C21H21N5O2/c1-15(27)25-12-9-16-5-2-3-6-18(16)19(25)13-21(28)24-17-7-8-20(22-14-17)26-11-4-10-23-26/h2-8,10-11,14,19H,9,12-13H2,1H3,(H,24,28)/t19-/m1/s1. The molecule has 0 unspecified atom stereocenters. The first-order chi connectivity index (χ1) is 13.6. The molecule has 3 heterocycles. The summed E-state index contributed by atoms with van der Waals surface area (Å²) in [5, 5.41) is 7.01. The maximum atomic E-state index is 12.7. The fourth-order valence-electron chi connectivity index (χ4n) is 3.64. The molecule has 1 N–H and O–H groups in total. The summed E-state index contributed by atoms with van der Waals surface area (Å²) >= 11 is 0. The number of nitrogens with zero attached hydrogens (tertiary/aromatic N) is 4. The molecule has 0 spiro atoms. The second-order valence-electron chi connectivity index (χ2n) is 6.79. The summed E-state index contributed by atoms with van der Waals surface area (Å²) in [5.74, 6) is 0.506. The third-order valence-electron chi connectivity index (χ3n) is 4.97.